The number of hydrogen-bond donors (Lipinski definition) is 0. The van der Waals surface area contributed by atoms with E-state index in [4.69, 9.17) is 4.74 Å². The zero-order chi connectivity index (χ0) is 14.0. The van der Waals surface area contributed by atoms with Gasteiger partial charge in [-0.15, -0.1) is 0 Å². The molecule has 0 spiro atoms. The van der Waals surface area contributed by atoms with E-state index < -0.39 is 8.07 Å². The van der Waals surface area contributed by atoms with Crippen molar-refractivity contribution < 1.29 is 9.13 Å². The van der Waals surface area contributed by atoms with Gasteiger partial charge in [0, 0.05) is 36.8 Å². The second-order valence-electron chi connectivity index (χ2n) is 5.77. The lowest BCUT2D eigenvalue weighted by Gasteiger charge is -2.15. The van der Waals surface area contributed by atoms with Gasteiger partial charge in [-0.1, -0.05) is 19.6 Å². The molecule has 104 valence electrons. The molecule has 0 aliphatic heterocycles. The molecule has 0 bridgehead atoms. The molecular formula is C13H18BrFN2OSi. The zero-order valence-corrected chi connectivity index (χ0v) is 14.0. The quantitative estimate of drug-likeness (QED) is 0.598. The van der Waals surface area contributed by atoms with Gasteiger partial charge < -0.3 is 4.74 Å². The molecule has 19 heavy (non-hydrogen) atoms. The van der Waals surface area contributed by atoms with Crippen molar-refractivity contribution in [2.24, 2.45) is 0 Å². The van der Waals surface area contributed by atoms with Crippen molar-refractivity contribution in [1.82, 2.24) is 9.55 Å². The van der Waals surface area contributed by atoms with Gasteiger partial charge in [0.25, 0.3) is 0 Å². The maximum absolute atomic E-state index is 13.9. The molecule has 0 saturated carbocycles. The Balaban J connectivity index is 2.09. The first-order valence-electron chi connectivity index (χ1n) is 6.25. The van der Waals surface area contributed by atoms with Crippen molar-refractivity contribution in [1.29, 1.82) is 0 Å². The smallest absolute Gasteiger partial charge is 0.197 e. The Hall–Kier alpha value is -0.723. The highest BCUT2D eigenvalue weighted by Gasteiger charge is 2.14. The third kappa shape index (κ3) is 3.64. The molecule has 0 aliphatic rings. The van der Waals surface area contributed by atoms with Crippen LogP contribution >= 0.6 is 15.9 Å². The van der Waals surface area contributed by atoms with Gasteiger partial charge in [-0.3, -0.25) is 4.57 Å². The molecule has 2 rings (SSSR count). The predicted octanol–water partition coefficient (Wildman–Crippen LogP) is 4.25. The third-order valence-corrected chi connectivity index (χ3v) is 5.31. The molecule has 0 radical (unpaired) electrons. The second-order valence-corrected chi connectivity index (χ2v) is 12.2. The van der Waals surface area contributed by atoms with Crippen LogP contribution in [0.1, 0.15) is 0 Å². The average molecular weight is 345 g/mol. The topological polar surface area (TPSA) is 27.1 Å². The van der Waals surface area contributed by atoms with E-state index in [1.165, 1.54) is 10.6 Å². The first-order valence-corrected chi connectivity index (χ1v) is 10.8. The molecule has 0 saturated heterocycles. The normalized spacial score (nSPS) is 12.3. The number of rotatable bonds is 5. The summed E-state index contributed by atoms with van der Waals surface area (Å²) in [6.07, 6.45) is 1.66. The summed E-state index contributed by atoms with van der Waals surface area (Å²) in [6.45, 7) is 7.76. The van der Waals surface area contributed by atoms with E-state index in [0.717, 1.165) is 15.9 Å². The standard InChI is InChI=1S/C13H18BrFN2OSi/c1-19(2,3)7-6-18-9-17-12(15)8-10-11(14)4-5-16-13(10)17/h4-5,8H,6-7,9H2,1-3H3. The van der Waals surface area contributed by atoms with Crippen LogP contribution in [0.2, 0.25) is 25.7 Å². The lowest BCUT2D eigenvalue weighted by Crippen LogP contribution is -2.22. The number of pyridine rings is 1. The Bertz CT molecular complexity index is 580. The molecule has 0 aromatic carbocycles. The summed E-state index contributed by atoms with van der Waals surface area (Å²) >= 11 is 3.40. The van der Waals surface area contributed by atoms with Crippen LogP contribution in [0.5, 0.6) is 0 Å². The Labute approximate surface area is 121 Å². The fourth-order valence-electron chi connectivity index (χ4n) is 1.74. The number of ether oxygens (including phenoxy) is 1. The molecule has 0 aliphatic carbocycles. The van der Waals surface area contributed by atoms with Crippen molar-refractivity contribution in [3.05, 3.63) is 28.7 Å². The van der Waals surface area contributed by atoms with Crippen molar-refractivity contribution in [3.63, 3.8) is 0 Å². The zero-order valence-electron chi connectivity index (χ0n) is 11.4. The molecule has 2 aromatic rings. The van der Waals surface area contributed by atoms with Crippen LogP contribution in [0.15, 0.2) is 22.8 Å². The molecule has 0 fully saturated rings. The monoisotopic (exact) mass is 344 g/mol. The van der Waals surface area contributed by atoms with Crippen molar-refractivity contribution in [2.75, 3.05) is 6.61 Å². The highest BCUT2D eigenvalue weighted by atomic mass is 79.9. The summed E-state index contributed by atoms with van der Waals surface area (Å²) in [4.78, 5) is 4.21. The lowest BCUT2D eigenvalue weighted by molar-refractivity contribution is 0.0823. The Kier molecular flexibility index (Phi) is 4.42. The number of nitrogens with zero attached hydrogens (tertiary/aromatic N) is 2. The fraction of sp³-hybridized carbons (Fsp3) is 0.462. The van der Waals surface area contributed by atoms with Crippen molar-refractivity contribution in [2.45, 2.75) is 32.4 Å². The van der Waals surface area contributed by atoms with Crippen molar-refractivity contribution >= 4 is 35.0 Å². The highest BCUT2D eigenvalue weighted by molar-refractivity contribution is 9.10. The maximum atomic E-state index is 13.9. The molecule has 2 aromatic heterocycles. The SMILES string of the molecule is C[Si](C)(C)CCOCn1c(F)cc2c(Br)ccnc21. The van der Waals surface area contributed by atoms with Gasteiger partial charge >= 0.3 is 0 Å². The Morgan fingerprint density at radius 3 is 2.84 bits per heavy atom. The second kappa shape index (κ2) is 5.72. The maximum Gasteiger partial charge on any atom is 0.197 e. The largest absolute Gasteiger partial charge is 0.361 e. The van der Waals surface area contributed by atoms with Crippen LogP contribution in [0.25, 0.3) is 11.0 Å². The number of fused-ring (bicyclic) bond motifs is 1. The first kappa shape index (κ1) is 14.7. The van der Waals surface area contributed by atoms with Crippen LogP contribution in [0, 0.1) is 5.95 Å². The van der Waals surface area contributed by atoms with Crippen molar-refractivity contribution in [3.8, 4) is 0 Å². The lowest BCUT2D eigenvalue weighted by atomic mass is 10.3. The van der Waals surface area contributed by atoms with Crippen LogP contribution in [-0.4, -0.2) is 24.2 Å². The van der Waals surface area contributed by atoms with E-state index in [1.54, 1.807) is 12.3 Å². The molecule has 0 amide bonds. The van der Waals surface area contributed by atoms with E-state index in [2.05, 4.69) is 40.6 Å². The molecule has 2 heterocycles. The minimum atomic E-state index is -1.11. The third-order valence-electron chi connectivity index (χ3n) is 2.91. The summed E-state index contributed by atoms with van der Waals surface area (Å²) in [5.74, 6) is -0.317. The van der Waals surface area contributed by atoms with Gasteiger partial charge in [-0.05, 0) is 28.0 Å². The summed E-state index contributed by atoms with van der Waals surface area (Å²) in [7, 11) is -1.11. The summed E-state index contributed by atoms with van der Waals surface area (Å²) in [6, 6.07) is 4.36. The fourth-order valence-corrected chi connectivity index (χ4v) is 2.91. The molecular weight excluding hydrogens is 327 g/mol. The van der Waals surface area contributed by atoms with Crippen LogP contribution in [-0.2, 0) is 11.5 Å². The first-order chi connectivity index (χ1) is 8.88. The number of hydrogen-bond acceptors (Lipinski definition) is 2. The van der Waals surface area contributed by atoms with Gasteiger partial charge in [0.05, 0.1) is 0 Å². The minimum absolute atomic E-state index is 0.212. The minimum Gasteiger partial charge on any atom is -0.361 e. The van der Waals surface area contributed by atoms with Gasteiger partial charge in [-0.25, -0.2) is 4.98 Å². The molecule has 6 heteroatoms. The summed E-state index contributed by atoms with van der Waals surface area (Å²) in [5.41, 5.74) is 0.611. The van der Waals surface area contributed by atoms with E-state index in [0.29, 0.717) is 12.3 Å². The Morgan fingerprint density at radius 1 is 1.42 bits per heavy atom. The average Bonchev–Trinajstić information content (AvgIpc) is 2.62. The van der Waals surface area contributed by atoms with E-state index in [9.17, 15) is 4.39 Å². The molecule has 3 nitrogen and oxygen atoms in total. The highest BCUT2D eigenvalue weighted by Crippen LogP contribution is 2.25. The Morgan fingerprint density at radius 2 is 2.16 bits per heavy atom. The molecule has 0 unspecified atom stereocenters. The summed E-state index contributed by atoms with van der Waals surface area (Å²) in [5, 5.41) is 0.772. The summed E-state index contributed by atoms with van der Waals surface area (Å²) < 4.78 is 21.8. The molecule has 0 N–H and O–H groups in total. The predicted molar refractivity (Wildman–Crippen MR) is 81.5 cm³/mol. The van der Waals surface area contributed by atoms with Gasteiger partial charge in [0.1, 0.15) is 12.4 Å². The number of aromatic nitrogens is 2. The number of halogens is 2. The van der Waals surface area contributed by atoms with E-state index >= 15 is 0 Å². The molecule has 0 atom stereocenters. The van der Waals surface area contributed by atoms with Crippen LogP contribution in [0.4, 0.5) is 4.39 Å². The van der Waals surface area contributed by atoms with E-state index in [1.807, 2.05) is 0 Å². The van der Waals surface area contributed by atoms with Gasteiger partial charge in [0.2, 0.25) is 0 Å². The van der Waals surface area contributed by atoms with E-state index in [-0.39, 0.29) is 12.7 Å². The van der Waals surface area contributed by atoms with Crippen LogP contribution < -0.4 is 0 Å². The van der Waals surface area contributed by atoms with Crippen LogP contribution in [0.3, 0.4) is 0 Å². The van der Waals surface area contributed by atoms with Gasteiger partial charge in [0.15, 0.2) is 5.95 Å². The van der Waals surface area contributed by atoms with Gasteiger partial charge in [-0.2, -0.15) is 4.39 Å².